The molecule has 1 aromatic heterocycles. The molecule has 6 nitrogen and oxygen atoms in total. The third-order valence-electron chi connectivity index (χ3n) is 5.88. The van der Waals surface area contributed by atoms with Crippen molar-refractivity contribution in [3.63, 3.8) is 0 Å². The molecule has 0 spiro atoms. The molecule has 2 heterocycles. The number of anilines is 1. The number of fused-ring (bicyclic) bond motifs is 2. The summed E-state index contributed by atoms with van der Waals surface area (Å²) in [5.74, 6) is -0.699. The van der Waals surface area contributed by atoms with Crippen molar-refractivity contribution < 1.29 is 9.18 Å². The van der Waals surface area contributed by atoms with Crippen molar-refractivity contribution in [2.24, 2.45) is 12.0 Å². The highest BCUT2D eigenvalue weighted by molar-refractivity contribution is 6.32. The van der Waals surface area contributed by atoms with Crippen molar-refractivity contribution in [2.45, 2.75) is 19.4 Å². The number of aromatic amines is 1. The number of H-pyrrole nitrogens is 1. The quantitative estimate of drug-likeness (QED) is 0.474. The fourth-order valence-corrected chi connectivity index (χ4v) is 4.27. The number of nitrogens with zero attached hydrogens (tertiary/aromatic N) is 2. The number of benzodiazepines with no additional fused rings is 1. The van der Waals surface area contributed by atoms with Crippen LogP contribution in [0.15, 0.2) is 64.4 Å². The van der Waals surface area contributed by atoms with Gasteiger partial charge in [0.1, 0.15) is 11.9 Å². The lowest BCUT2D eigenvalue weighted by Crippen LogP contribution is -2.28. The summed E-state index contributed by atoms with van der Waals surface area (Å²) in [6, 6.07) is 14.7. The Kier molecular flexibility index (Phi) is 5.13. The smallest absolute Gasteiger partial charge is 0.324 e. The van der Waals surface area contributed by atoms with Gasteiger partial charge >= 0.3 is 5.69 Å². The fourth-order valence-electron chi connectivity index (χ4n) is 4.10. The molecule has 1 amide bonds. The standard InChI is InChI=1S/C25H20ClFN4O2/c1-13-3-4-14(18(27)9-13)10-21-24(32)29-19-7-6-16(26)12-17(19)23(28-21)15-5-8-22-20(11-15)30-25(33)31(22)2/h3-9,11-12,21H,10H2,1-2H3,(H,29,32)(H,30,33). The Hall–Kier alpha value is -3.71. The molecule has 0 fully saturated rings. The zero-order valence-electron chi connectivity index (χ0n) is 17.9. The Labute approximate surface area is 193 Å². The molecule has 0 bridgehead atoms. The van der Waals surface area contributed by atoms with Gasteiger partial charge in [0.15, 0.2) is 0 Å². The van der Waals surface area contributed by atoms with Crippen LogP contribution in [0, 0.1) is 12.7 Å². The van der Waals surface area contributed by atoms with Gasteiger partial charge in [0.25, 0.3) is 0 Å². The van der Waals surface area contributed by atoms with Gasteiger partial charge in [-0.3, -0.25) is 14.4 Å². The molecular weight excluding hydrogens is 443 g/mol. The van der Waals surface area contributed by atoms with Gasteiger partial charge in [-0.1, -0.05) is 29.8 Å². The molecule has 2 N–H and O–H groups in total. The Balaban J connectivity index is 1.67. The second-order valence-electron chi connectivity index (χ2n) is 8.19. The third kappa shape index (κ3) is 3.85. The van der Waals surface area contributed by atoms with Gasteiger partial charge in [-0.25, -0.2) is 9.18 Å². The third-order valence-corrected chi connectivity index (χ3v) is 6.12. The number of halogens is 2. The number of benzene rings is 3. The van der Waals surface area contributed by atoms with Crippen LogP contribution in [0.1, 0.15) is 22.3 Å². The number of aromatic nitrogens is 2. The highest BCUT2D eigenvalue weighted by Crippen LogP contribution is 2.29. The van der Waals surface area contributed by atoms with E-state index in [1.807, 2.05) is 31.2 Å². The summed E-state index contributed by atoms with van der Waals surface area (Å²) < 4.78 is 16.1. The summed E-state index contributed by atoms with van der Waals surface area (Å²) in [6.07, 6.45) is 0.105. The minimum Gasteiger partial charge on any atom is -0.324 e. The molecule has 3 aromatic carbocycles. The number of imidazole rings is 1. The van der Waals surface area contributed by atoms with Gasteiger partial charge in [-0.05, 0) is 54.4 Å². The van der Waals surface area contributed by atoms with Gasteiger partial charge < -0.3 is 10.3 Å². The topological polar surface area (TPSA) is 79.2 Å². The largest absolute Gasteiger partial charge is 0.326 e. The minimum absolute atomic E-state index is 0.105. The van der Waals surface area contributed by atoms with Crippen LogP contribution in [0.25, 0.3) is 11.0 Å². The monoisotopic (exact) mass is 462 g/mol. The molecule has 166 valence electrons. The number of nitrogens with one attached hydrogen (secondary N) is 2. The van der Waals surface area contributed by atoms with Crippen LogP contribution in [0.2, 0.25) is 5.02 Å². The number of hydrogen-bond donors (Lipinski definition) is 2. The Bertz CT molecular complexity index is 1520. The van der Waals surface area contributed by atoms with E-state index in [1.54, 1.807) is 31.3 Å². The summed E-state index contributed by atoms with van der Waals surface area (Å²) in [5, 5.41) is 3.40. The second kappa shape index (κ2) is 8.01. The lowest BCUT2D eigenvalue weighted by molar-refractivity contribution is -0.117. The van der Waals surface area contributed by atoms with Crippen LogP contribution in [-0.2, 0) is 18.3 Å². The Morgan fingerprint density at radius 1 is 1.09 bits per heavy atom. The van der Waals surface area contributed by atoms with Crippen molar-refractivity contribution in [2.75, 3.05) is 5.32 Å². The maximum absolute atomic E-state index is 14.6. The van der Waals surface area contributed by atoms with Crippen molar-refractivity contribution >= 4 is 39.9 Å². The number of carbonyl (C=O) groups excluding carboxylic acids is 1. The van der Waals surface area contributed by atoms with Crippen LogP contribution < -0.4 is 11.0 Å². The van der Waals surface area contributed by atoms with Gasteiger partial charge in [-0.15, -0.1) is 0 Å². The Morgan fingerprint density at radius 3 is 2.70 bits per heavy atom. The van der Waals surface area contributed by atoms with E-state index in [4.69, 9.17) is 16.6 Å². The molecule has 0 saturated heterocycles. The van der Waals surface area contributed by atoms with Gasteiger partial charge in [0.2, 0.25) is 5.91 Å². The normalized spacial score (nSPS) is 15.7. The predicted octanol–water partition coefficient (Wildman–Crippen LogP) is 4.37. The zero-order valence-corrected chi connectivity index (χ0v) is 18.7. The lowest BCUT2D eigenvalue weighted by Gasteiger charge is -2.12. The molecule has 0 radical (unpaired) electrons. The average Bonchev–Trinajstić information content (AvgIpc) is 2.98. The SMILES string of the molecule is Cc1ccc(CC2N=C(c3ccc4c(c3)[nH]c(=O)n4C)c3cc(Cl)ccc3NC2=O)c(F)c1. The first-order valence-electron chi connectivity index (χ1n) is 10.4. The predicted molar refractivity (Wildman–Crippen MR) is 128 cm³/mol. The number of rotatable bonds is 3. The van der Waals surface area contributed by atoms with Crippen LogP contribution in [0.4, 0.5) is 10.1 Å². The van der Waals surface area contributed by atoms with Gasteiger partial charge in [0, 0.05) is 29.6 Å². The number of hydrogen-bond acceptors (Lipinski definition) is 3. The van der Waals surface area contributed by atoms with Crippen molar-refractivity contribution in [1.82, 2.24) is 9.55 Å². The van der Waals surface area contributed by atoms with Crippen LogP contribution in [0.5, 0.6) is 0 Å². The van der Waals surface area contributed by atoms with Crippen LogP contribution in [0.3, 0.4) is 0 Å². The zero-order chi connectivity index (χ0) is 23.3. The van der Waals surface area contributed by atoms with E-state index in [1.165, 1.54) is 10.6 Å². The van der Waals surface area contributed by atoms with E-state index in [9.17, 15) is 14.0 Å². The van der Waals surface area contributed by atoms with Gasteiger partial charge in [-0.2, -0.15) is 0 Å². The molecular formula is C25H20ClFN4O2. The molecule has 0 aliphatic carbocycles. The number of aryl methyl sites for hydroxylation is 2. The van der Waals surface area contributed by atoms with Crippen LogP contribution in [-0.4, -0.2) is 27.2 Å². The summed E-state index contributed by atoms with van der Waals surface area (Å²) in [7, 11) is 1.69. The van der Waals surface area contributed by atoms with E-state index in [-0.39, 0.29) is 23.8 Å². The molecule has 1 unspecified atom stereocenters. The maximum Gasteiger partial charge on any atom is 0.326 e. The molecule has 1 aliphatic heterocycles. The maximum atomic E-state index is 14.6. The van der Waals surface area contributed by atoms with E-state index < -0.39 is 6.04 Å². The minimum atomic E-state index is -0.853. The summed E-state index contributed by atoms with van der Waals surface area (Å²) >= 11 is 6.27. The summed E-state index contributed by atoms with van der Waals surface area (Å²) in [4.78, 5) is 32.7. The first-order chi connectivity index (χ1) is 15.8. The summed E-state index contributed by atoms with van der Waals surface area (Å²) in [6.45, 7) is 1.81. The summed E-state index contributed by atoms with van der Waals surface area (Å²) in [5.41, 5.74) is 4.85. The fraction of sp³-hybridized carbons (Fsp3) is 0.160. The first-order valence-corrected chi connectivity index (χ1v) is 10.8. The molecule has 5 rings (SSSR count). The molecule has 0 saturated carbocycles. The van der Waals surface area contributed by atoms with Crippen LogP contribution >= 0.6 is 11.6 Å². The first kappa shape index (κ1) is 21.2. The molecule has 4 aromatic rings. The average molecular weight is 463 g/mol. The van der Waals surface area contributed by atoms with Crippen molar-refractivity contribution in [3.8, 4) is 0 Å². The van der Waals surface area contributed by atoms with E-state index in [0.29, 0.717) is 38.6 Å². The van der Waals surface area contributed by atoms with E-state index in [0.717, 1.165) is 11.1 Å². The number of carbonyl (C=O) groups is 1. The van der Waals surface area contributed by atoms with E-state index in [2.05, 4.69) is 10.3 Å². The highest BCUT2D eigenvalue weighted by Gasteiger charge is 2.27. The van der Waals surface area contributed by atoms with E-state index >= 15 is 0 Å². The van der Waals surface area contributed by atoms with Gasteiger partial charge in [0.05, 0.1) is 22.4 Å². The Morgan fingerprint density at radius 2 is 1.91 bits per heavy atom. The highest BCUT2D eigenvalue weighted by atomic mass is 35.5. The molecule has 33 heavy (non-hydrogen) atoms. The second-order valence-corrected chi connectivity index (χ2v) is 8.63. The van der Waals surface area contributed by atoms with Crippen molar-refractivity contribution in [1.29, 1.82) is 0 Å². The number of aliphatic imine (C=N–C) groups is 1. The molecule has 1 aliphatic rings. The molecule has 1 atom stereocenters. The molecule has 8 heteroatoms. The van der Waals surface area contributed by atoms with Crippen molar-refractivity contribution in [3.05, 3.63) is 98.2 Å². The number of amides is 1. The lowest BCUT2D eigenvalue weighted by atomic mass is 9.99.